The van der Waals surface area contributed by atoms with Crippen molar-refractivity contribution in [1.82, 2.24) is 0 Å². The Morgan fingerprint density at radius 2 is 1.48 bits per heavy atom. The summed E-state index contributed by atoms with van der Waals surface area (Å²) in [4.78, 5) is 27.6. The Hall–Kier alpha value is -1.64. The summed E-state index contributed by atoms with van der Waals surface area (Å²) >= 11 is 0. The van der Waals surface area contributed by atoms with E-state index >= 15 is 0 Å². The lowest BCUT2D eigenvalue weighted by molar-refractivity contribution is -0.129. The van der Waals surface area contributed by atoms with E-state index in [0.717, 1.165) is 43.2 Å². The molecule has 6 rings (SSSR count). The molecule has 4 aliphatic carbocycles. The molecule has 1 saturated heterocycles. The van der Waals surface area contributed by atoms with Crippen LogP contribution in [0.3, 0.4) is 0 Å². The Morgan fingerprint density at radius 1 is 0.913 bits per heavy atom. The first-order valence-electron chi connectivity index (χ1n) is 9.17. The Morgan fingerprint density at radius 3 is 2.00 bits per heavy atom. The maximum atomic E-state index is 13.0. The molecule has 3 nitrogen and oxygen atoms in total. The quantitative estimate of drug-likeness (QED) is 0.802. The normalized spacial score (nSPS) is 40.3. The van der Waals surface area contributed by atoms with Gasteiger partial charge in [0.1, 0.15) is 0 Å². The van der Waals surface area contributed by atoms with E-state index in [-0.39, 0.29) is 23.7 Å². The summed E-state index contributed by atoms with van der Waals surface area (Å²) in [6.07, 6.45) is 5.75. The third-order valence-electron chi connectivity index (χ3n) is 6.88. The first-order chi connectivity index (χ1) is 11.2. The van der Waals surface area contributed by atoms with Crippen LogP contribution in [0.25, 0.3) is 0 Å². The number of carbonyl (C=O) groups excluding carboxylic acids is 2. The third kappa shape index (κ3) is 1.76. The number of benzene rings is 1. The highest BCUT2D eigenvalue weighted by Crippen LogP contribution is 2.68. The lowest BCUT2D eigenvalue weighted by Gasteiger charge is -2.42. The maximum absolute atomic E-state index is 13.0. The highest BCUT2D eigenvalue weighted by Gasteiger charge is 2.68. The topological polar surface area (TPSA) is 37.4 Å². The average Bonchev–Trinajstić information content (AvgIpc) is 3.34. The molecule has 1 aliphatic heterocycles. The summed E-state index contributed by atoms with van der Waals surface area (Å²) < 4.78 is 0. The van der Waals surface area contributed by atoms with E-state index in [4.69, 9.17) is 0 Å². The van der Waals surface area contributed by atoms with E-state index in [2.05, 4.69) is 19.1 Å². The monoisotopic (exact) mass is 309 g/mol. The molecule has 0 N–H and O–H groups in total. The van der Waals surface area contributed by atoms with E-state index in [1.54, 1.807) is 0 Å². The Bertz CT molecular complexity index is 645. The van der Waals surface area contributed by atoms with Gasteiger partial charge in [-0.3, -0.25) is 14.5 Å². The molecule has 2 bridgehead atoms. The van der Waals surface area contributed by atoms with Crippen LogP contribution >= 0.6 is 0 Å². The van der Waals surface area contributed by atoms with Crippen LogP contribution in [-0.4, -0.2) is 11.8 Å². The van der Waals surface area contributed by atoms with Gasteiger partial charge in [-0.15, -0.1) is 0 Å². The molecule has 1 aromatic carbocycles. The predicted molar refractivity (Wildman–Crippen MR) is 87.7 cm³/mol. The number of hydrogen-bond donors (Lipinski definition) is 0. The molecule has 1 aromatic rings. The summed E-state index contributed by atoms with van der Waals surface area (Å²) in [7, 11) is 0. The average molecular weight is 309 g/mol. The number of anilines is 1. The molecule has 0 spiro atoms. The predicted octanol–water partition coefficient (Wildman–Crippen LogP) is 3.42. The Balaban J connectivity index is 1.48. The van der Waals surface area contributed by atoms with Crippen LogP contribution in [0.2, 0.25) is 0 Å². The number of nitrogens with zero attached hydrogens (tertiary/aromatic N) is 1. The largest absolute Gasteiger partial charge is 0.274 e. The van der Waals surface area contributed by atoms with Gasteiger partial charge in [0.25, 0.3) is 0 Å². The molecular weight excluding hydrogens is 286 g/mol. The molecule has 4 saturated carbocycles. The van der Waals surface area contributed by atoms with E-state index in [1.165, 1.54) is 16.9 Å². The van der Waals surface area contributed by atoms with Crippen molar-refractivity contribution in [2.45, 2.75) is 39.0 Å². The number of fused-ring (bicyclic) bond motifs is 1. The minimum atomic E-state index is -0.0136. The van der Waals surface area contributed by atoms with Crippen LogP contribution in [0, 0.1) is 35.5 Å². The second kappa shape index (κ2) is 4.68. The van der Waals surface area contributed by atoms with Crippen molar-refractivity contribution in [2.24, 2.45) is 35.5 Å². The number of imide groups is 1. The van der Waals surface area contributed by atoms with Gasteiger partial charge in [0.2, 0.25) is 11.8 Å². The lowest BCUT2D eigenvalue weighted by atomic mass is 9.59. The molecule has 23 heavy (non-hydrogen) atoms. The van der Waals surface area contributed by atoms with Crippen LogP contribution in [0.15, 0.2) is 24.3 Å². The molecule has 5 fully saturated rings. The number of amides is 2. The first-order valence-corrected chi connectivity index (χ1v) is 9.17. The van der Waals surface area contributed by atoms with Crippen LogP contribution in [-0.2, 0) is 16.0 Å². The highest BCUT2D eigenvalue weighted by atomic mass is 16.2. The standard InChI is InChI=1S/C20H23NO2/c1-2-3-11-4-6-12(7-5-11)21-19(22)17-13-8-9-14(16-10-15(13)16)18(17)20(21)23/h4-7,13-18H,2-3,8-10H2,1H3. The maximum Gasteiger partial charge on any atom is 0.237 e. The molecule has 5 aliphatic rings. The fraction of sp³-hybridized carbons (Fsp3) is 0.600. The second-order valence-corrected chi connectivity index (χ2v) is 7.95. The number of carbonyl (C=O) groups is 2. The zero-order valence-corrected chi connectivity index (χ0v) is 13.6. The van der Waals surface area contributed by atoms with Gasteiger partial charge < -0.3 is 0 Å². The summed E-state index contributed by atoms with van der Waals surface area (Å²) in [5.41, 5.74) is 2.05. The molecule has 0 aromatic heterocycles. The SMILES string of the molecule is CCCc1ccc(N2C(=O)C3C4CCC(C5CC54)C3C2=O)cc1. The third-order valence-corrected chi connectivity index (χ3v) is 6.88. The van der Waals surface area contributed by atoms with Crippen LogP contribution in [0.1, 0.15) is 38.2 Å². The van der Waals surface area contributed by atoms with Gasteiger partial charge in [0.05, 0.1) is 17.5 Å². The molecule has 3 heteroatoms. The molecule has 120 valence electrons. The number of aryl methyl sites for hydroxylation is 1. The molecule has 6 unspecified atom stereocenters. The van der Waals surface area contributed by atoms with Crippen molar-refractivity contribution < 1.29 is 9.59 Å². The van der Waals surface area contributed by atoms with Crippen LogP contribution in [0.5, 0.6) is 0 Å². The summed E-state index contributed by atoms with van der Waals surface area (Å²) in [5.74, 6) is 2.61. The Kier molecular flexibility index (Phi) is 2.80. The van der Waals surface area contributed by atoms with Crippen molar-refractivity contribution >= 4 is 17.5 Å². The van der Waals surface area contributed by atoms with Gasteiger partial charge in [0.15, 0.2) is 0 Å². The van der Waals surface area contributed by atoms with Gasteiger partial charge in [-0.2, -0.15) is 0 Å². The van der Waals surface area contributed by atoms with Gasteiger partial charge in [0, 0.05) is 0 Å². The summed E-state index contributed by atoms with van der Waals surface area (Å²) in [6.45, 7) is 2.16. The number of hydrogen-bond acceptors (Lipinski definition) is 2. The summed E-state index contributed by atoms with van der Waals surface area (Å²) in [5, 5.41) is 0. The summed E-state index contributed by atoms with van der Waals surface area (Å²) in [6, 6.07) is 8.04. The van der Waals surface area contributed by atoms with Crippen LogP contribution in [0.4, 0.5) is 5.69 Å². The number of rotatable bonds is 3. The fourth-order valence-corrected chi connectivity index (χ4v) is 5.89. The minimum Gasteiger partial charge on any atom is -0.274 e. The van der Waals surface area contributed by atoms with Gasteiger partial charge >= 0.3 is 0 Å². The first kappa shape index (κ1) is 13.8. The smallest absolute Gasteiger partial charge is 0.237 e. The zero-order chi connectivity index (χ0) is 15.7. The van der Waals surface area contributed by atoms with Gasteiger partial charge in [-0.05, 0) is 67.1 Å². The second-order valence-electron chi connectivity index (χ2n) is 7.95. The molecular formula is C20H23NO2. The van der Waals surface area contributed by atoms with Crippen molar-refractivity contribution in [3.8, 4) is 0 Å². The van der Waals surface area contributed by atoms with Crippen molar-refractivity contribution in [2.75, 3.05) is 4.90 Å². The molecule has 0 radical (unpaired) electrons. The molecule has 1 heterocycles. The van der Waals surface area contributed by atoms with Crippen molar-refractivity contribution in [1.29, 1.82) is 0 Å². The van der Waals surface area contributed by atoms with Crippen LogP contribution < -0.4 is 4.90 Å². The molecule has 6 atom stereocenters. The van der Waals surface area contributed by atoms with Gasteiger partial charge in [-0.25, -0.2) is 0 Å². The van der Waals surface area contributed by atoms with Gasteiger partial charge in [-0.1, -0.05) is 25.5 Å². The van der Waals surface area contributed by atoms with E-state index < -0.39 is 0 Å². The van der Waals surface area contributed by atoms with E-state index in [9.17, 15) is 9.59 Å². The fourth-order valence-electron chi connectivity index (χ4n) is 5.89. The van der Waals surface area contributed by atoms with Crippen molar-refractivity contribution in [3.05, 3.63) is 29.8 Å². The lowest BCUT2D eigenvalue weighted by Crippen LogP contribution is -2.43. The molecule has 2 amide bonds. The minimum absolute atomic E-state index is 0.0136. The van der Waals surface area contributed by atoms with E-state index in [0.29, 0.717) is 11.8 Å². The zero-order valence-electron chi connectivity index (χ0n) is 13.6. The van der Waals surface area contributed by atoms with Crippen molar-refractivity contribution in [3.63, 3.8) is 0 Å². The Labute approximate surface area is 137 Å². The highest BCUT2D eigenvalue weighted by molar-refractivity contribution is 6.22. The van der Waals surface area contributed by atoms with E-state index in [1.807, 2.05) is 12.1 Å².